The lowest BCUT2D eigenvalue weighted by atomic mass is 10.3. The number of benzene rings is 2. The van der Waals surface area contributed by atoms with Crippen molar-refractivity contribution in [1.29, 1.82) is 5.26 Å². The first-order valence-electron chi connectivity index (χ1n) is 6.46. The number of hydrogen-bond donors (Lipinski definition) is 1. The predicted molar refractivity (Wildman–Crippen MR) is 83.3 cm³/mol. The molecule has 22 heavy (non-hydrogen) atoms. The molecule has 1 amide bonds. The minimum atomic E-state index is -0.361. The fraction of sp³-hybridized carbons (Fsp3) is 0.125. The maximum absolute atomic E-state index is 12.8. The quantitative estimate of drug-likeness (QED) is 0.829. The van der Waals surface area contributed by atoms with Crippen molar-refractivity contribution in [3.05, 3.63) is 54.3 Å². The summed E-state index contributed by atoms with van der Waals surface area (Å²) in [5.41, 5.74) is 0.635. The molecule has 0 spiro atoms. The van der Waals surface area contributed by atoms with Crippen LogP contribution in [0.3, 0.4) is 0 Å². The molecule has 2 aromatic rings. The number of hydrogen-bond acceptors (Lipinski definition) is 4. The largest absolute Gasteiger partial charge is 0.484 e. The van der Waals surface area contributed by atoms with Crippen LogP contribution < -0.4 is 10.1 Å². The Labute approximate surface area is 131 Å². The molecule has 112 valence electrons. The number of anilines is 1. The Morgan fingerprint density at radius 1 is 1.23 bits per heavy atom. The first-order valence-corrected chi connectivity index (χ1v) is 7.44. The number of nitrogens with one attached hydrogen (secondary N) is 1. The lowest BCUT2D eigenvalue weighted by Gasteiger charge is -2.10. The second kappa shape index (κ2) is 8.05. The number of halogens is 1. The molecular formula is C16H13FN2O2S. The third-order valence-corrected chi connectivity index (χ3v) is 3.58. The van der Waals surface area contributed by atoms with E-state index in [1.165, 1.54) is 36.0 Å². The molecule has 0 heterocycles. The maximum atomic E-state index is 12.8. The van der Waals surface area contributed by atoms with Gasteiger partial charge in [-0.05, 0) is 36.4 Å². The molecule has 4 nitrogen and oxygen atoms in total. The first-order chi connectivity index (χ1) is 10.7. The van der Waals surface area contributed by atoms with Crippen molar-refractivity contribution in [2.75, 3.05) is 17.7 Å². The average molecular weight is 316 g/mol. The maximum Gasteiger partial charge on any atom is 0.262 e. The van der Waals surface area contributed by atoms with Gasteiger partial charge in [-0.1, -0.05) is 12.1 Å². The zero-order chi connectivity index (χ0) is 15.8. The first kappa shape index (κ1) is 15.9. The SMILES string of the molecule is N#CCSc1ccccc1NC(=O)COc1ccc(F)cc1. The molecule has 0 saturated heterocycles. The smallest absolute Gasteiger partial charge is 0.262 e. The number of ether oxygens (including phenoxy) is 1. The molecule has 0 aliphatic carbocycles. The van der Waals surface area contributed by atoms with E-state index in [1.54, 1.807) is 12.1 Å². The van der Waals surface area contributed by atoms with Gasteiger partial charge in [0.1, 0.15) is 11.6 Å². The van der Waals surface area contributed by atoms with Gasteiger partial charge in [0.25, 0.3) is 5.91 Å². The standard InChI is InChI=1S/C16H13FN2O2S/c17-12-5-7-13(8-6-12)21-11-16(20)19-14-3-1-2-4-15(14)22-10-9-18/h1-8H,10-11H2,(H,19,20). The summed E-state index contributed by atoms with van der Waals surface area (Å²) in [6, 6.07) is 14.7. The second-order valence-corrected chi connectivity index (χ2v) is 5.25. The lowest BCUT2D eigenvalue weighted by molar-refractivity contribution is -0.118. The number of rotatable bonds is 6. The minimum absolute atomic E-state index is 0.178. The number of amides is 1. The van der Waals surface area contributed by atoms with Crippen molar-refractivity contribution >= 4 is 23.4 Å². The van der Waals surface area contributed by atoms with Gasteiger partial charge in [-0.2, -0.15) is 5.26 Å². The molecule has 0 radical (unpaired) electrons. The van der Waals surface area contributed by atoms with Crippen LogP contribution in [0.1, 0.15) is 0 Å². The van der Waals surface area contributed by atoms with Gasteiger partial charge >= 0.3 is 0 Å². The van der Waals surface area contributed by atoms with Crippen LogP contribution in [-0.4, -0.2) is 18.3 Å². The van der Waals surface area contributed by atoms with E-state index in [0.29, 0.717) is 17.2 Å². The number of nitrogens with zero attached hydrogens (tertiary/aromatic N) is 1. The van der Waals surface area contributed by atoms with Crippen LogP contribution in [-0.2, 0) is 4.79 Å². The van der Waals surface area contributed by atoms with E-state index >= 15 is 0 Å². The van der Waals surface area contributed by atoms with E-state index in [9.17, 15) is 9.18 Å². The second-order valence-electron chi connectivity index (χ2n) is 4.23. The highest BCUT2D eigenvalue weighted by Crippen LogP contribution is 2.26. The zero-order valence-electron chi connectivity index (χ0n) is 11.6. The molecular weight excluding hydrogens is 303 g/mol. The van der Waals surface area contributed by atoms with Gasteiger partial charge < -0.3 is 10.1 Å². The van der Waals surface area contributed by atoms with Crippen LogP contribution in [0, 0.1) is 17.1 Å². The fourth-order valence-corrected chi connectivity index (χ4v) is 2.34. The third kappa shape index (κ3) is 4.79. The van der Waals surface area contributed by atoms with E-state index in [1.807, 2.05) is 18.2 Å². The number of thioether (sulfide) groups is 1. The topological polar surface area (TPSA) is 62.1 Å². The summed E-state index contributed by atoms with van der Waals surface area (Å²) in [4.78, 5) is 12.7. The molecule has 2 aromatic carbocycles. The molecule has 1 N–H and O–H groups in total. The zero-order valence-corrected chi connectivity index (χ0v) is 12.4. The fourth-order valence-electron chi connectivity index (χ4n) is 1.67. The van der Waals surface area contributed by atoms with E-state index < -0.39 is 0 Å². The molecule has 6 heteroatoms. The Hall–Kier alpha value is -2.52. The highest BCUT2D eigenvalue weighted by atomic mass is 32.2. The normalized spacial score (nSPS) is 9.82. The monoisotopic (exact) mass is 316 g/mol. The van der Waals surface area contributed by atoms with E-state index in [4.69, 9.17) is 10.00 Å². The molecule has 0 aliphatic heterocycles. The number of carbonyl (C=O) groups excluding carboxylic acids is 1. The van der Waals surface area contributed by atoms with Crippen LogP contribution in [0.5, 0.6) is 5.75 Å². The van der Waals surface area contributed by atoms with Gasteiger partial charge in [0, 0.05) is 4.90 Å². The van der Waals surface area contributed by atoms with Crippen LogP contribution in [0.4, 0.5) is 10.1 Å². The highest BCUT2D eigenvalue weighted by Gasteiger charge is 2.08. The van der Waals surface area contributed by atoms with Crippen LogP contribution >= 0.6 is 11.8 Å². The van der Waals surface area contributed by atoms with Crippen molar-refractivity contribution in [1.82, 2.24) is 0 Å². The van der Waals surface area contributed by atoms with Crippen molar-refractivity contribution in [3.8, 4) is 11.8 Å². The van der Waals surface area contributed by atoms with Gasteiger partial charge in [0.2, 0.25) is 0 Å². The van der Waals surface area contributed by atoms with Gasteiger partial charge in [0.05, 0.1) is 17.5 Å². The number of nitriles is 1. The van der Waals surface area contributed by atoms with Gasteiger partial charge in [0.15, 0.2) is 6.61 Å². The Kier molecular flexibility index (Phi) is 5.81. The summed E-state index contributed by atoms with van der Waals surface area (Å²) < 4.78 is 18.0. The molecule has 0 saturated carbocycles. The molecule has 0 unspecified atom stereocenters. The van der Waals surface area contributed by atoms with E-state index in [2.05, 4.69) is 5.32 Å². The summed E-state index contributed by atoms with van der Waals surface area (Å²) in [6.07, 6.45) is 0. The van der Waals surface area contributed by atoms with Crippen molar-refractivity contribution < 1.29 is 13.9 Å². The predicted octanol–water partition coefficient (Wildman–Crippen LogP) is 3.46. The van der Waals surface area contributed by atoms with Gasteiger partial charge in [-0.25, -0.2) is 4.39 Å². The third-order valence-electron chi connectivity index (χ3n) is 2.64. The summed E-state index contributed by atoms with van der Waals surface area (Å²) >= 11 is 1.35. The highest BCUT2D eigenvalue weighted by molar-refractivity contribution is 7.99. The lowest BCUT2D eigenvalue weighted by Crippen LogP contribution is -2.20. The molecule has 0 aliphatic rings. The van der Waals surface area contributed by atoms with Gasteiger partial charge in [-0.3, -0.25) is 4.79 Å². The summed E-state index contributed by atoms with van der Waals surface area (Å²) in [5.74, 6) is 0.0390. The number of para-hydroxylation sites is 1. The Bertz CT molecular complexity index is 683. The summed E-state index contributed by atoms with van der Waals surface area (Å²) in [6.45, 7) is -0.178. The van der Waals surface area contributed by atoms with E-state index in [0.717, 1.165) is 4.90 Å². The Morgan fingerprint density at radius 3 is 2.68 bits per heavy atom. The van der Waals surface area contributed by atoms with Crippen LogP contribution in [0.25, 0.3) is 0 Å². The molecule has 0 atom stereocenters. The molecule has 2 rings (SSSR count). The van der Waals surface area contributed by atoms with Crippen molar-refractivity contribution in [2.45, 2.75) is 4.90 Å². The van der Waals surface area contributed by atoms with Crippen molar-refractivity contribution in [2.24, 2.45) is 0 Å². The van der Waals surface area contributed by atoms with Gasteiger partial charge in [-0.15, -0.1) is 11.8 Å². The average Bonchev–Trinajstić information content (AvgIpc) is 2.53. The molecule has 0 bridgehead atoms. The Balaban J connectivity index is 1.92. The number of carbonyl (C=O) groups is 1. The molecule has 0 aromatic heterocycles. The summed E-state index contributed by atoms with van der Waals surface area (Å²) in [5, 5.41) is 11.4. The minimum Gasteiger partial charge on any atom is -0.484 e. The molecule has 0 fully saturated rings. The summed E-state index contributed by atoms with van der Waals surface area (Å²) in [7, 11) is 0. The Morgan fingerprint density at radius 2 is 1.95 bits per heavy atom. The van der Waals surface area contributed by atoms with Crippen molar-refractivity contribution in [3.63, 3.8) is 0 Å². The van der Waals surface area contributed by atoms with Crippen LogP contribution in [0.15, 0.2) is 53.4 Å². The van der Waals surface area contributed by atoms with Crippen LogP contribution in [0.2, 0.25) is 0 Å². The van der Waals surface area contributed by atoms with E-state index in [-0.39, 0.29) is 18.3 Å².